The van der Waals surface area contributed by atoms with E-state index in [0.717, 1.165) is 24.4 Å². The summed E-state index contributed by atoms with van der Waals surface area (Å²) in [5.41, 5.74) is 1.28. The molecule has 25 heavy (non-hydrogen) atoms. The zero-order valence-corrected chi connectivity index (χ0v) is 16.4. The molecule has 132 valence electrons. The van der Waals surface area contributed by atoms with E-state index in [1.165, 1.54) is 24.6 Å². The number of nitrogens with one attached hydrogen (secondary N) is 2. The van der Waals surface area contributed by atoms with Gasteiger partial charge in [0.2, 0.25) is 0 Å². The van der Waals surface area contributed by atoms with E-state index in [2.05, 4.69) is 26.7 Å². The number of rotatable bonds is 4. The van der Waals surface area contributed by atoms with Crippen LogP contribution in [0, 0.1) is 0 Å². The van der Waals surface area contributed by atoms with Gasteiger partial charge in [-0.2, -0.15) is 0 Å². The normalized spacial score (nSPS) is 15.8. The van der Waals surface area contributed by atoms with E-state index in [0.29, 0.717) is 10.9 Å². The van der Waals surface area contributed by atoms with Crippen molar-refractivity contribution in [3.05, 3.63) is 51.4 Å². The molecule has 0 radical (unpaired) electrons. The molecule has 0 atom stereocenters. The van der Waals surface area contributed by atoms with Crippen molar-refractivity contribution >= 4 is 58.0 Å². The molecule has 0 spiro atoms. The lowest BCUT2D eigenvalue weighted by Gasteiger charge is -2.30. The maximum Gasteiger partial charge on any atom is 0.173 e. The van der Waals surface area contributed by atoms with Gasteiger partial charge in [-0.25, -0.2) is 9.97 Å². The van der Waals surface area contributed by atoms with Gasteiger partial charge in [-0.05, 0) is 42.8 Å². The van der Waals surface area contributed by atoms with Crippen LogP contribution in [0.5, 0.6) is 0 Å². The van der Waals surface area contributed by atoms with Crippen molar-refractivity contribution in [3.63, 3.8) is 0 Å². The van der Waals surface area contributed by atoms with Gasteiger partial charge in [0.1, 0.15) is 5.15 Å². The Morgan fingerprint density at radius 2 is 1.96 bits per heavy atom. The van der Waals surface area contributed by atoms with Crippen LogP contribution in [0.25, 0.3) is 0 Å². The smallest absolute Gasteiger partial charge is 0.173 e. The maximum atomic E-state index is 6.19. The minimum atomic E-state index is 0.0338. The Bertz CT molecular complexity index is 778. The number of nitrogens with zero attached hydrogens (tertiary/aromatic N) is 2. The molecule has 4 nitrogen and oxygen atoms in total. The van der Waals surface area contributed by atoms with E-state index in [1.54, 1.807) is 0 Å². The third kappa shape index (κ3) is 4.53. The van der Waals surface area contributed by atoms with Crippen molar-refractivity contribution in [1.29, 1.82) is 0 Å². The van der Waals surface area contributed by atoms with Crippen molar-refractivity contribution in [1.82, 2.24) is 15.3 Å². The lowest BCUT2D eigenvalue weighted by molar-refractivity contribution is 0.435. The Morgan fingerprint density at radius 3 is 2.64 bits per heavy atom. The van der Waals surface area contributed by atoms with Crippen LogP contribution in [0.3, 0.4) is 0 Å². The van der Waals surface area contributed by atoms with Gasteiger partial charge < -0.3 is 10.6 Å². The van der Waals surface area contributed by atoms with Crippen molar-refractivity contribution in [2.45, 2.75) is 31.1 Å². The first kappa shape index (κ1) is 18.6. The highest BCUT2D eigenvalue weighted by Gasteiger charge is 2.35. The number of thiocarbonyl (C=S) groups is 1. The van der Waals surface area contributed by atoms with Crippen LogP contribution >= 0.6 is 47.0 Å². The molecule has 1 aromatic carbocycles. The third-order valence-corrected chi connectivity index (χ3v) is 5.44. The second-order valence-electron chi connectivity index (χ2n) is 6.14. The van der Waals surface area contributed by atoms with Gasteiger partial charge >= 0.3 is 0 Å². The number of anilines is 1. The summed E-state index contributed by atoms with van der Waals surface area (Å²) in [6.07, 6.45) is 6.02. The predicted molar refractivity (Wildman–Crippen MR) is 108 cm³/mol. The van der Waals surface area contributed by atoms with E-state index < -0.39 is 0 Å². The number of halogens is 3. The summed E-state index contributed by atoms with van der Waals surface area (Å²) in [7, 11) is 0. The molecule has 1 saturated carbocycles. The Balaban J connectivity index is 1.68. The van der Waals surface area contributed by atoms with E-state index in [1.807, 2.05) is 18.2 Å². The molecule has 1 aromatic heterocycles. The summed E-state index contributed by atoms with van der Waals surface area (Å²) in [6.45, 7) is 0.720. The summed E-state index contributed by atoms with van der Waals surface area (Å²) in [5.74, 6) is 0.381. The second kappa shape index (κ2) is 8.04. The first-order chi connectivity index (χ1) is 12.0. The van der Waals surface area contributed by atoms with Crippen molar-refractivity contribution in [3.8, 4) is 0 Å². The van der Waals surface area contributed by atoms with Crippen molar-refractivity contribution in [2.24, 2.45) is 0 Å². The van der Waals surface area contributed by atoms with Crippen LogP contribution in [0.15, 0.2) is 30.5 Å². The van der Waals surface area contributed by atoms with Crippen LogP contribution in [0.2, 0.25) is 15.3 Å². The highest BCUT2D eigenvalue weighted by atomic mass is 35.5. The first-order valence-corrected chi connectivity index (χ1v) is 9.52. The molecule has 1 aliphatic rings. The molecule has 8 heteroatoms. The fraction of sp³-hybridized carbons (Fsp3) is 0.353. The van der Waals surface area contributed by atoms with Crippen LogP contribution in [0.4, 0.5) is 5.82 Å². The van der Waals surface area contributed by atoms with Crippen LogP contribution in [0.1, 0.15) is 31.2 Å². The second-order valence-corrected chi connectivity index (χ2v) is 7.73. The Kier molecular flexibility index (Phi) is 6.00. The highest BCUT2D eigenvalue weighted by Crippen LogP contribution is 2.41. The monoisotopic (exact) mass is 414 g/mol. The van der Waals surface area contributed by atoms with Gasteiger partial charge in [-0.1, -0.05) is 59.8 Å². The SMILES string of the molecule is S=C(NCC1(c2cccc(Cl)c2)CCCC1)Nc1ncc(Cl)nc1Cl. The minimum absolute atomic E-state index is 0.0338. The zero-order valence-electron chi connectivity index (χ0n) is 13.4. The first-order valence-electron chi connectivity index (χ1n) is 7.97. The fourth-order valence-corrected chi connectivity index (χ4v) is 3.99. The molecule has 0 bridgehead atoms. The predicted octanol–water partition coefficient (Wildman–Crippen LogP) is 5.24. The lowest BCUT2D eigenvalue weighted by Crippen LogP contribution is -2.41. The maximum absolute atomic E-state index is 6.19. The average Bonchev–Trinajstić information content (AvgIpc) is 3.06. The molecule has 2 N–H and O–H groups in total. The molecule has 3 rings (SSSR count). The Hall–Kier alpha value is -1.14. The number of hydrogen-bond acceptors (Lipinski definition) is 3. The van der Waals surface area contributed by atoms with E-state index in [-0.39, 0.29) is 15.7 Å². The molecular formula is C17H17Cl3N4S. The van der Waals surface area contributed by atoms with E-state index in [9.17, 15) is 0 Å². The summed E-state index contributed by atoms with van der Waals surface area (Å²) in [6, 6.07) is 8.08. The molecule has 1 heterocycles. The van der Waals surface area contributed by atoms with Gasteiger partial charge in [0.15, 0.2) is 16.1 Å². The van der Waals surface area contributed by atoms with E-state index in [4.69, 9.17) is 47.0 Å². The molecule has 0 amide bonds. The number of benzene rings is 1. The van der Waals surface area contributed by atoms with Gasteiger partial charge in [0.05, 0.1) is 6.20 Å². The third-order valence-electron chi connectivity index (χ3n) is 4.52. The average molecular weight is 416 g/mol. The van der Waals surface area contributed by atoms with Crippen LogP contribution in [-0.2, 0) is 5.41 Å². The van der Waals surface area contributed by atoms with Gasteiger partial charge in [-0.3, -0.25) is 0 Å². The topological polar surface area (TPSA) is 49.8 Å². The summed E-state index contributed by atoms with van der Waals surface area (Å²) < 4.78 is 0. The van der Waals surface area contributed by atoms with Crippen LogP contribution in [-0.4, -0.2) is 21.6 Å². The summed E-state index contributed by atoms with van der Waals surface area (Å²) in [4.78, 5) is 8.04. The molecule has 1 aliphatic carbocycles. The van der Waals surface area contributed by atoms with Crippen molar-refractivity contribution in [2.75, 3.05) is 11.9 Å². The quantitative estimate of drug-likeness (QED) is 0.669. The summed E-state index contributed by atoms with van der Waals surface area (Å²) >= 11 is 23.3. The molecule has 0 unspecified atom stereocenters. The highest BCUT2D eigenvalue weighted by molar-refractivity contribution is 7.80. The molecule has 0 aliphatic heterocycles. The number of hydrogen-bond donors (Lipinski definition) is 2. The van der Waals surface area contributed by atoms with Crippen LogP contribution < -0.4 is 10.6 Å². The summed E-state index contributed by atoms with van der Waals surface area (Å²) in [5, 5.41) is 7.89. The fourth-order valence-electron chi connectivity index (χ4n) is 3.27. The Labute approximate surface area is 167 Å². The zero-order chi connectivity index (χ0) is 17.9. The lowest BCUT2D eigenvalue weighted by atomic mass is 9.79. The van der Waals surface area contributed by atoms with E-state index >= 15 is 0 Å². The molecular weight excluding hydrogens is 399 g/mol. The largest absolute Gasteiger partial charge is 0.362 e. The molecule has 0 saturated heterocycles. The van der Waals surface area contributed by atoms with Gasteiger partial charge in [0.25, 0.3) is 0 Å². The van der Waals surface area contributed by atoms with Crippen molar-refractivity contribution < 1.29 is 0 Å². The van der Waals surface area contributed by atoms with Gasteiger partial charge in [0, 0.05) is 17.0 Å². The molecule has 1 fully saturated rings. The molecule has 2 aromatic rings. The number of aromatic nitrogens is 2. The van der Waals surface area contributed by atoms with Gasteiger partial charge in [-0.15, -0.1) is 0 Å². The minimum Gasteiger partial charge on any atom is -0.362 e. The Morgan fingerprint density at radius 1 is 1.20 bits per heavy atom. The standard InChI is InChI=1S/C17H17Cl3N4S/c18-12-5-3-4-11(8-12)17(6-1-2-7-17)10-22-16(25)24-15-14(20)23-13(19)9-21-15/h3-5,8-9H,1-2,6-7,10H2,(H2,21,22,24,25).